The molecule has 2 heterocycles. The van der Waals surface area contributed by atoms with Crippen LogP contribution in [0.2, 0.25) is 0 Å². The molecule has 130 valence electrons. The van der Waals surface area contributed by atoms with Crippen molar-refractivity contribution in [3.8, 4) is 0 Å². The molecular formula is C19H23N5O. The van der Waals surface area contributed by atoms with Gasteiger partial charge in [-0.05, 0) is 44.4 Å². The van der Waals surface area contributed by atoms with Crippen molar-refractivity contribution < 1.29 is 0 Å². The number of aryl methyl sites for hydroxylation is 3. The second kappa shape index (κ2) is 7.01. The van der Waals surface area contributed by atoms with Crippen LogP contribution in [0.4, 0.5) is 11.9 Å². The number of hydrogen-bond acceptors (Lipinski definition) is 5. The summed E-state index contributed by atoms with van der Waals surface area (Å²) in [7, 11) is 0. The van der Waals surface area contributed by atoms with E-state index < -0.39 is 0 Å². The summed E-state index contributed by atoms with van der Waals surface area (Å²) in [6.07, 6.45) is 2.61. The summed E-state index contributed by atoms with van der Waals surface area (Å²) >= 11 is 0. The topological polar surface area (TPSA) is 83.6 Å². The Kier molecular flexibility index (Phi) is 4.79. The second-order valence-corrected chi connectivity index (χ2v) is 6.19. The molecule has 0 amide bonds. The molecule has 2 aromatic heterocycles. The van der Waals surface area contributed by atoms with Gasteiger partial charge < -0.3 is 0 Å². The Morgan fingerprint density at radius 1 is 1.08 bits per heavy atom. The van der Waals surface area contributed by atoms with Crippen LogP contribution in [0.25, 0.3) is 10.9 Å². The largest absolute Gasteiger partial charge is 0.294 e. The zero-order valence-electron chi connectivity index (χ0n) is 15.1. The number of nitrogens with one attached hydrogen (secondary N) is 2. The molecule has 0 saturated carbocycles. The predicted molar refractivity (Wildman–Crippen MR) is 101 cm³/mol. The number of rotatable bonds is 5. The first kappa shape index (κ1) is 17.1. The minimum absolute atomic E-state index is 0.109. The minimum atomic E-state index is -0.109. The van der Waals surface area contributed by atoms with Gasteiger partial charge in [0.25, 0.3) is 5.56 Å². The molecule has 0 aliphatic carbocycles. The molecule has 0 aliphatic heterocycles. The van der Waals surface area contributed by atoms with E-state index in [-0.39, 0.29) is 5.56 Å². The van der Waals surface area contributed by atoms with Gasteiger partial charge >= 0.3 is 0 Å². The lowest BCUT2D eigenvalue weighted by Crippen LogP contribution is -2.18. The molecule has 0 atom stereocenters. The lowest BCUT2D eigenvalue weighted by molar-refractivity contribution is 0.867. The summed E-state index contributed by atoms with van der Waals surface area (Å²) in [5.74, 6) is 0.798. The summed E-state index contributed by atoms with van der Waals surface area (Å²) in [5.41, 5.74) is 4.38. The Labute approximate surface area is 146 Å². The molecule has 0 unspecified atom stereocenters. The SMILES string of the molecule is CCCc1c(C)nc(Nc2nc(C)c3cc(CC)ccc3n2)[nH]c1=O. The fourth-order valence-electron chi connectivity index (χ4n) is 2.92. The Morgan fingerprint density at radius 3 is 2.56 bits per heavy atom. The van der Waals surface area contributed by atoms with Crippen molar-refractivity contribution in [2.75, 3.05) is 5.32 Å². The highest BCUT2D eigenvalue weighted by Gasteiger charge is 2.10. The molecule has 0 saturated heterocycles. The van der Waals surface area contributed by atoms with Crippen molar-refractivity contribution in [2.24, 2.45) is 0 Å². The number of hydrogen-bond donors (Lipinski definition) is 2. The molecule has 0 aliphatic rings. The highest BCUT2D eigenvalue weighted by Crippen LogP contribution is 2.20. The normalized spacial score (nSPS) is 11.0. The highest BCUT2D eigenvalue weighted by atomic mass is 16.1. The van der Waals surface area contributed by atoms with Crippen LogP contribution >= 0.6 is 0 Å². The van der Waals surface area contributed by atoms with Crippen LogP contribution in [0.15, 0.2) is 23.0 Å². The quantitative estimate of drug-likeness (QED) is 0.743. The first-order valence-electron chi connectivity index (χ1n) is 8.66. The van der Waals surface area contributed by atoms with E-state index in [0.717, 1.165) is 47.1 Å². The van der Waals surface area contributed by atoms with E-state index in [2.05, 4.69) is 44.3 Å². The molecule has 3 rings (SSSR count). The number of anilines is 2. The van der Waals surface area contributed by atoms with Crippen molar-refractivity contribution in [3.05, 3.63) is 51.1 Å². The molecule has 3 aromatic rings. The third-order valence-corrected chi connectivity index (χ3v) is 4.31. The first-order valence-corrected chi connectivity index (χ1v) is 8.66. The zero-order valence-corrected chi connectivity index (χ0v) is 15.1. The minimum Gasteiger partial charge on any atom is -0.294 e. The van der Waals surface area contributed by atoms with Gasteiger partial charge in [0.15, 0.2) is 0 Å². The van der Waals surface area contributed by atoms with Gasteiger partial charge in [-0.25, -0.2) is 15.0 Å². The molecule has 0 bridgehead atoms. The van der Waals surface area contributed by atoms with E-state index in [0.29, 0.717) is 11.9 Å². The molecule has 0 radical (unpaired) electrons. The lowest BCUT2D eigenvalue weighted by Gasteiger charge is -2.10. The number of aromatic amines is 1. The molecule has 6 heteroatoms. The zero-order chi connectivity index (χ0) is 18.0. The third-order valence-electron chi connectivity index (χ3n) is 4.31. The summed E-state index contributed by atoms with van der Waals surface area (Å²) in [4.78, 5) is 28.5. The van der Waals surface area contributed by atoms with E-state index in [1.54, 1.807) is 0 Å². The summed E-state index contributed by atoms with van der Waals surface area (Å²) in [6, 6.07) is 6.19. The third kappa shape index (κ3) is 3.52. The maximum absolute atomic E-state index is 12.2. The van der Waals surface area contributed by atoms with Gasteiger partial charge in [0.05, 0.1) is 11.2 Å². The van der Waals surface area contributed by atoms with Gasteiger partial charge in [-0.15, -0.1) is 0 Å². The predicted octanol–water partition coefficient (Wildman–Crippen LogP) is 3.59. The van der Waals surface area contributed by atoms with Gasteiger partial charge in [-0.3, -0.25) is 15.1 Å². The molecule has 2 N–H and O–H groups in total. The fraction of sp³-hybridized carbons (Fsp3) is 0.368. The molecule has 25 heavy (non-hydrogen) atoms. The first-order chi connectivity index (χ1) is 12.0. The van der Waals surface area contributed by atoms with E-state index >= 15 is 0 Å². The van der Waals surface area contributed by atoms with E-state index in [4.69, 9.17) is 0 Å². The van der Waals surface area contributed by atoms with Crippen LogP contribution in [0.5, 0.6) is 0 Å². The number of nitrogens with zero attached hydrogens (tertiary/aromatic N) is 3. The highest BCUT2D eigenvalue weighted by molar-refractivity contribution is 5.82. The van der Waals surface area contributed by atoms with Crippen molar-refractivity contribution >= 4 is 22.8 Å². The summed E-state index contributed by atoms with van der Waals surface area (Å²) in [5, 5.41) is 4.07. The molecule has 1 aromatic carbocycles. The van der Waals surface area contributed by atoms with Gasteiger partial charge in [-0.2, -0.15) is 0 Å². The Morgan fingerprint density at radius 2 is 1.88 bits per heavy atom. The number of H-pyrrole nitrogens is 1. The number of benzene rings is 1. The average molecular weight is 337 g/mol. The maximum Gasteiger partial charge on any atom is 0.255 e. The Bertz CT molecular complexity index is 977. The number of fused-ring (bicyclic) bond motifs is 1. The van der Waals surface area contributed by atoms with Crippen LogP contribution in [-0.2, 0) is 12.8 Å². The van der Waals surface area contributed by atoms with Crippen molar-refractivity contribution in [2.45, 2.75) is 47.0 Å². The van der Waals surface area contributed by atoms with Gasteiger partial charge in [-0.1, -0.05) is 26.3 Å². The van der Waals surface area contributed by atoms with Crippen molar-refractivity contribution in [3.63, 3.8) is 0 Å². The van der Waals surface area contributed by atoms with Crippen molar-refractivity contribution in [1.82, 2.24) is 19.9 Å². The number of aromatic nitrogens is 4. The van der Waals surface area contributed by atoms with E-state index in [1.807, 2.05) is 26.8 Å². The summed E-state index contributed by atoms with van der Waals surface area (Å²) < 4.78 is 0. The van der Waals surface area contributed by atoms with Crippen LogP contribution in [0.3, 0.4) is 0 Å². The molecule has 0 fully saturated rings. The Hall–Kier alpha value is -2.76. The molecule has 6 nitrogen and oxygen atoms in total. The average Bonchev–Trinajstić information content (AvgIpc) is 2.58. The second-order valence-electron chi connectivity index (χ2n) is 6.19. The van der Waals surface area contributed by atoms with E-state index in [9.17, 15) is 4.79 Å². The maximum atomic E-state index is 12.2. The van der Waals surface area contributed by atoms with Gasteiger partial charge in [0.2, 0.25) is 11.9 Å². The smallest absolute Gasteiger partial charge is 0.255 e. The van der Waals surface area contributed by atoms with Crippen LogP contribution in [0, 0.1) is 13.8 Å². The monoisotopic (exact) mass is 337 g/mol. The van der Waals surface area contributed by atoms with Crippen LogP contribution in [-0.4, -0.2) is 19.9 Å². The lowest BCUT2D eigenvalue weighted by atomic mass is 10.1. The molecular weight excluding hydrogens is 314 g/mol. The summed E-state index contributed by atoms with van der Waals surface area (Å²) in [6.45, 7) is 7.98. The molecule has 0 spiro atoms. The van der Waals surface area contributed by atoms with Gasteiger partial charge in [0.1, 0.15) is 0 Å². The van der Waals surface area contributed by atoms with E-state index in [1.165, 1.54) is 5.56 Å². The van der Waals surface area contributed by atoms with Crippen LogP contribution < -0.4 is 10.9 Å². The Balaban J connectivity index is 1.97. The fourth-order valence-corrected chi connectivity index (χ4v) is 2.92. The van der Waals surface area contributed by atoms with Crippen LogP contribution in [0.1, 0.15) is 42.8 Å². The van der Waals surface area contributed by atoms with Gasteiger partial charge in [0, 0.05) is 16.6 Å². The van der Waals surface area contributed by atoms with Crippen molar-refractivity contribution in [1.29, 1.82) is 0 Å². The standard InChI is InChI=1S/C19H23N5O/c1-5-7-14-11(3)20-19(23-17(14)25)24-18-21-12(4)15-10-13(6-2)8-9-16(15)22-18/h8-10H,5-7H2,1-4H3,(H2,20,21,22,23,24,25).